The molecule has 1 amide bonds. The van der Waals surface area contributed by atoms with Crippen molar-refractivity contribution < 1.29 is 19.0 Å². The summed E-state index contributed by atoms with van der Waals surface area (Å²) in [5.41, 5.74) is 0.971. The van der Waals surface area contributed by atoms with Gasteiger partial charge in [0.15, 0.2) is 0 Å². The summed E-state index contributed by atoms with van der Waals surface area (Å²) in [6.07, 6.45) is 1.48. The van der Waals surface area contributed by atoms with Gasteiger partial charge in [0.2, 0.25) is 0 Å². The molecule has 0 aromatic heterocycles. The van der Waals surface area contributed by atoms with E-state index in [1.54, 1.807) is 31.4 Å². The molecule has 2 rings (SSSR count). The second-order valence-corrected chi connectivity index (χ2v) is 5.49. The first-order valence-electron chi connectivity index (χ1n) is 7.51. The molecule has 6 nitrogen and oxygen atoms in total. The normalized spacial score (nSPS) is 10.7. The van der Waals surface area contributed by atoms with Crippen LogP contribution in [0.3, 0.4) is 0 Å². The number of anilines is 1. The number of rotatable bonds is 6. The van der Waals surface area contributed by atoms with Crippen LogP contribution in [-0.4, -0.2) is 27.2 Å². The average molecular weight is 373 g/mol. The van der Waals surface area contributed by atoms with Crippen LogP contribution < -0.4 is 19.5 Å². The fraction of sp³-hybridized carbons (Fsp3) is 0.158. The van der Waals surface area contributed by atoms with Gasteiger partial charge in [0.05, 0.1) is 32.0 Å². The van der Waals surface area contributed by atoms with E-state index < -0.39 is 5.91 Å². The van der Waals surface area contributed by atoms with Crippen molar-refractivity contribution in [3.05, 3.63) is 52.6 Å². The zero-order chi connectivity index (χ0) is 19.1. The van der Waals surface area contributed by atoms with Gasteiger partial charge in [-0.1, -0.05) is 23.7 Å². The van der Waals surface area contributed by atoms with Gasteiger partial charge in [0, 0.05) is 12.1 Å². The lowest BCUT2D eigenvalue weighted by Gasteiger charge is -2.13. The van der Waals surface area contributed by atoms with E-state index in [0.717, 1.165) is 0 Å². The number of nitrogens with one attached hydrogen (secondary N) is 1. The average Bonchev–Trinajstić information content (AvgIpc) is 2.67. The van der Waals surface area contributed by atoms with Crippen molar-refractivity contribution in [2.45, 2.75) is 0 Å². The number of methoxy groups -OCH3 is 3. The third-order valence-electron chi connectivity index (χ3n) is 3.51. The number of carbonyl (C=O) groups excluding carboxylic acids is 1. The Labute approximate surface area is 156 Å². The van der Waals surface area contributed by atoms with Gasteiger partial charge < -0.3 is 19.5 Å². The third kappa shape index (κ3) is 4.47. The van der Waals surface area contributed by atoms with Crippen molar-refractivity contribution in [2.24, 2.45) is 0 Å². The van der Waals surface area contributed by atoms with Crippen LogP contribution in [0.2, 0.25) is 5.02 Å². The summed E-state index contributed by atoms with van der Waals surface area (Å²) in [6.45, 7) is 0. The van der Waals surface area contributed by atoms with Gasteiger partial charge in [-0.3, -0.25) is 4.79 Å². The van der Waals surface area contributed by atoms with E-state index in [2.05, 4.69) is 5.32 Å². The molecule has 134 valence electrons. The number of halogens is 1. The smallest absolute Gasteiger partial charge is 0.266 e. The Morgan fingerprint density at radius 2 is 1.73 bits per heavy atom. The largest absolute Gasteiger partial charge is 0.497 e. The zero-order valence-corrected chi connectivity index (χ0v) is 15.3. The van der Waals surface area contributed by atoms with Crippen LogP contribution in [0.1, 0.15) is 5.56 Å². The lowest BCUT2D eigenvalue weighted by Crippen LogP contribution is -2.14. The summed E-state index contributed by atoms with van der Waals surface area (Å²) >= 11 is 6.05. The number of ether oxygens (including phenoxy) is 3. The van der Waals surface area contributed by atoms with Crippen LogP contribution >= 0.6 is 11.6 Å². The molecule has 1 N–H and O–H groups in total. The number of carbonyl (C=O) groups is 1. The van der Waals surface area contributed by atoms with Crippen molar-refractivity contribution in [2.75, 3.05) is 26.6 Å². The predicted molar refractivity (Wildman–Crippen MR) is 99.8 cm³/mol. The van der Waals surface area contributed by atoms with Crippen molar-refractivity contribution in [3.8, 4) is 23.3 Å². The minimum Gasteiger partial charge on any atom is -0.497 e. The number of hydrogen-bond acceptors (Lipinski definition) is 5. The number of amides is 1. The summed E-state index contributed by atoms with van der Waals surface area (Å²) < 4.78 is 15.4. The van der Waals surface area contributed by atoms with Gasteiger partial charge in [0.25, 0.3) is 5.91 Å². The first kappa shape index (κ1) is 19.2. The molecule has 0 saturated heterocycles. The molecule has 26 heavy (non-hydrogen) atoms. The molecule has 0 aliphatic carbocycles. The van der Waals surface area contributed by atoms with Crippen LogP contribution in [0, 0.1) is 11.3 Å². The second kappa shape index (κ2) is 8.79. The molecule has 0 fully saturated rings. The van der Waals surface area contributed by atoms with Gasteiger partial charge in [-0.15, -0.1) is 0 Å². The highest BCUT2D eigenvalue weighted by atomic mass is 35.5. The zero-order valence-electron chi connectivity index (χ0n) is 14.5. The van der Waals surface area contributed by atoms with Crippen LogP contribution in [0.25, 0.3) is 6.08 Å². The topological polar surface area (TPSA) is 80.6 Å². The Balaban J connectivity index is 2.29. The lowest BCUT2D eigenvalue weighted by atomic mass is 10.1. The second-order valence-electron chi connectivity index (χ2n) is 5.08. The number of hydrogen-bond donors (Lipinski definition) is 1. The molecule has 0 heterocycles. The van der Waals surface area contributed by atoms with Gasteiger partial charge in [-0.05, 0) is 23.8 Å². The molecule has 7 heteroatoms. The van der Waals surface area contributed by atoms with Crippen LogP contribution in [0.5, 0.6) is 17.2 Å². The van der Waals surface area contributed by atoms with Crippen molar-refractivity contribution >= 4 is 29.3 Å². The van der Waals surface area contributed by atoms with Crippen LogP contribution in [-0.2, 0) is 4.79 Å². The summed E-state index contributed by atoms with van der Waals surface area (Å²) in [4.78, 5) is 12.5. The van der Waals surface area contributed by atoms with E-state index in [9.17, 15) is 10.1 Å². The van der Waals surface area contributed by atoms with E-state index in [0.29, 0.717) is 33.5 Å². The third-order valence-corrected chi connectivity index (χ3v) is 3.81. The van der Waals surface area contributed by atoms with Crippen molar-refractivity contribution in [1.82, 2.24) is 0 Å². The minimum absolute atomic E-state index is 0.0638. The standard InChI is InChI=1S/C19H17ClN2O4/c1-24-14-6-4-12(5-7-14)8-13(11-21)19(23)22-16-10-17(25-2)15(20)9-18(16)26-3/h4-10H,1-3H3,(H,22,23)/b13-8+. The fourth-order valence-electron chi connectivity index (χ4n) is 2.16. The Hall–Kier alpha value is -3.17. The molecule has 0 atom stereocenters. The predicted octanol–water partition coefficient (Wildman–Crippen LogP) is 3.91. The Kier molecular flexibility index (Phi) is 6.48. The Bertz CT molecular complexity index is 870. The van der Waals surface area contributed by atoms with Gasteiger partial charge >= 0.3 is 0 Å². The van der Waals surface area contributed by atoms with E-state index >= 15 is 0 Å². The highest BCUT2D eigenvalue weighted by molar-refractivity contribution is 6.32. The van der Waals surface area contributed by atoms with E-state index in [1.165, 1.54) is 32.4 Å². The summed E-state index contributed by atoms with van der Waals surface area (Å²) in [6, 6.07) is 11.9. The number of nitriles is 1. The van der Waals surface area contributed by atoms with Gasteiger partial charge in [-0.25, -0.2) is 0 Å². The fourth-order valence-corrected chi connectivity index (χ4v) is 2.39. The van der Waals surface area contributed by atoms with Crippen molar-refractivity contribution in [3.63, 3.8) is 0 Å². The van der Waals surface area contributed by atoms with Crippen LogP contribution in [0.4, 0.5) is 5.69 Å². The molecule has 0 radical (unpaired) electrons. The molecular formula is C19H17ClN2O4. The SMILES string of the molecule is COc1ccc(/C=C(\C#N)C(=O)Nc2cc(OC)c(Cl)cc2OC)cc1. The molecule has 0 aliphatic heterocycles. The maximum atomic E-state index is 12.5. The maximum Gasteiger partial charge on any atom is 0.266 e. The summed E-state index contributed by atoms with van der Waals surface area (Å²) in [5.74, 6) is 0.834. The Morgan fingerprint density at radius 1 is 1.08 bits per heavy atom. The highest BCUT2D eigenvalue weighted by Gasteiger charge is 2.15. The molecule has 0 bridgehead atoms. The molecule has 2 aromatic carbocycles. The van der Waals surface area contributed by atoms with E-state index in [-0.39, 0.29) is 5.57 Å². The lowest BCUT2D eigenvalue weighted by molar-refractivity contribution is -0.112. The minimum atomic E-state index is -0.578. The van der Waals surface area contributed by atoms with E-state index in [4.69, 9.17) is 25.8 Å². The Morgan fingerprint density at radius 3 is 2.27 bits per heavy atom. The molecular weight excluding hydrogens is 356 g/mol. The monoisotopic (exact) mass is 372 g/mol. The van der Waals surface area contributed by atoms with Crippen LogP contribution in [0.15, 0.2) is 42.0 Å². The quantitative estimate of drug-likeness (QED) is 0.614. The van der Waals surface area contributed by atoms with Gasteiger partial charge in [-0.2, -0.15) is 5.26 Å². The molecule has 2 aromatic rings. The molecule has 0 saturated carbocycles. The molecule has 0 unspecified atom stereocenters. The van der Waals surface area contributed by atoms with Crippen molar-refractivity contribution in [1.29, 1.82) is 5.26 Å². The number of nitrogens with zero attached hydrogens (tertiary/aromatic N) is 1. The van der Waals surface area contributed by atoms with E-state index in [1.807, 2.05) is 6.07 Å². The summed E-state index contributed by atoms with van der Waals surface area (Å²) in [5, 5.41) is 12.3. The number of benzene rings is 2. The molecule has 0 aliphatic rings. The van der Waals surface area contributed by atoms with Gasteiger partial charge in [0.1, 0.15) is 28.9 Å². The summed E-state index contributed by atoms with van der Waals surface area (Å²) in [7, 11) is 4.47. The molecule has 0 spiro atoms. The first-order chi connectivity index (χ1) is 12.5. The highest BCUT2D eigenvalue weighted by Crippen LogP contribution is 2.36. The first-order valence-corrected chi connectivity index (χ1v) is 7.89. The maximum absolute atomic E-state index is 12.5.